The Bertz CT molecular complexity index is 1350. The summed E-state index contributed by atoms with van der Waals surface area (Å²) in [6.07, 6.45) is -7.15. The van der Waals surface area contributed by atoms with Gasteiger partial charge >= 0.3 is 12.1 Å². The van der Waals surface area contributed by atoms with E-state index in [1.54, 1.807) is 6.07 Å². The molecule has 0 saturated carbocycles. The third kappa shape index (κ3) is 8.71. The van der Waals surface area contributed by atoms with Crippen molar-refractivity contribution in [3.05, 3.63) is 94.9 Å². The van der Waals surface area contributed by atoms with Crippen LogP contribution in [0.25, 0.3) is 0 Å². The molecule has 1 aromatic heterocycles. The fraction of sp³-hybridized carbons (Fsp3) is 0.231. The van der Waals surface area contributed by atoms with E-state index in [-0.39, 0.29) is 23.5 Å². The number of halogens is 6. The lowest BCUT2D eigenvalue weighted by atomic mass is 10.0. The number of nitrogens with one attached hydrogen (secondary N) is 2. The second-order valence-electron chi connectivity index (χ2n) is 8.55. The highest BCUT2D eigenvalue weighted by atomic mass is 19.4. The fourth-order valence-electron chi connectivity index (χ4n) is 3.45. The Morgan fingerprint density at radius 1 is 0.850 bits per heavy atom. The summed E-state index contributed by atoms with van der Waals surface area (Å²) in [4.78, 5) is 41.5. The number of nitrogens with two attached hydrogens (primary N) is 1. The quantitative estimate of drug-likeness (QED) is 0.255. The molecule has 3 aromatic rings. The number of anilines is 1. The zero-order valence-corrected chi connectivity index (χ0v) is 20.5. The van der Waals surface area contributed by atoms with Gasteiger partial charge < -0.3 is 21.1 Å². The molecule has 0 saturated heterocycles. The molecule has 0 aliphatic carbocycles. The topological polar surface area (TPSA) is 123 Å². The largest absolute Gasteiger partial charge is 0.490 e. The molecular formula is C26H22F6N4O4. The predicted octanol–water partition coefficient (Wildman–Crippen LogP) is 3.14. The number of aromatic nitrogens is 1. The van der Waals surface area contributed by atoms with Gasteiger partial charge in [0.05, 0.1) is 0 Å². The Labute approximate surface area is 223 Å². The van der Waals surface area contributed by atoms with E-state index < -0.39 is 66.4 Å². The SMILES string of the molecule is Nc1ccc(CNC(=O)[C@H](Cc2ccc(F)c(F)c2)NC(=O)[C@@H](Cc2ccc(F)cc2)OC(=O)C(F)(F)F)cn1. The number of nitrogen functional groups attached to an aromatic ring is 1. The lowest BCUT2D eigenvalue weighted by Gasteiger charge is -2.23. The number of amides is 2. The highest BCUT2D eigenvalue weighted by Crippen LogP contribution is 2.19. The van der Waals surface area contributed by atoms with E-state index in [4.69, 9.17) is 5.73 Å². The van der Waals surface area contributed by atoms with Crippen molar-refractivity contribution >= 4 is 23.6 Å². The van der Waals surface area contributed by atoms with Crippen LogP contribution in [-0.4, -0.2) is 41.1 Å². The van der Waals surface area contributed by atoms with Gasteiger partial charge in [-0.25, -0.2) is 22.9 Å². The Kier molecular flexibility index (Phi) is 9.69. The maximum absolute atomic E-state index is 13.8. The van der Waals surface area contributed by atoms with Gasteiger partial charge in [-0.2, -0.15) is 13.2 Å². The summed E-state index contributed by atoms with van der Waals surface area (Å²) in [5.41, 5.74) is 6.24. The van der Waals surface area contributed by atoms with Gasteiger partial charge in [-0.3, -0.25) is 9.59 Å². The first-order valence-electron chi connectivity index (χ1n) is 11.6. The van der Waals surface area contributed by atoms with Gasteiger partial charge in [0.15, 0.2) is 17.7 Å². The van der Waals surface area contributed by atoms with Crippen molar-refractivity contribution in [1.82, 2.24) is 15.6 Å². The highest BCUT2D eigenvalue weighted by molar-refractivity contribution is 5.91. The lowest BCUT2D eigenvalue weighted by Crippen LogP contribution is -2.52. The minimum atomic E-state index is -5.43. The summed E-state index contributed by atoms with van der Waals surface area (Å²) in [5.74, 6) is -7.63. The van der Waals surface area contributed by atoms with Crippen molar-refractivity contribution in [3.8, 4) is 0 Å². The summed E-state index contributed by atoms with van der Waals surface area (Å²) >= 11 is 0. The Morgan fingerprint density at radius 2 is 1.50 bits per heavy atom. The fourth-order valence-corrected chi connectivity index (χ4v) is 3.45. The maximum atomic E-state index is 13.8. The van der Waals surface area contributed by atoms with Crippen LogP contribution < -0.4 is 16.4 Å². The van der Waals surface area contributed by atoms with Crippen LogP contribution in [0.15, 0.2) is 60.8 Å². The molecule has 0 bridgehead atoms. The molecule has 1 heterocycles. The molecular weight excluding hydrogens is 546 g/mol. The predicted molar refractivity (Wildman–Crippen MR) is 129 cm³/mol. The normalized spacial score (nSPS) is 12.8. The van der Waals surface area contributed by atoms with E-state index in [2.05, 4.69) is 20.4 Å². The van der Waals surface area contributed by atoms with Crippen molar-refractivity contribution in [2.75, 3.05) is 5.73 Å². The van der Waals surface area contributed by atoms with Crippen LogP contribution in [0.5, 0.6) is 0 Å². The molecule has 0 aliphatic heterocycles. The molecule has 40 heavy (non-hydrogen) atoms. The first-order valence-corrected chi connectivity index (χ1v) is 11.6. The smallest absolute Gasteiger partial charge is 0.445 e. The molecule has 212 valence electrons. The Hall–Kier alpha value is -4.62. The van der Waals surface area contributed by atoms with E-state index in [1.807, 2.05) is 0 Å². The second kappa shape index (κ2) is 13.0. The second-order valence-corrected chi connectivity index (χ2v) is 8.55. The van der Waals surface area contributed by atoms with Crippen molar-refractivity contribution in [1.29, 1.82) is 0 Å². The standard InChI is InChI=1S/C26H22F6N4O4/c27-17-5-1-14(2-6-17)11-21(40-25(39)26(30,31)32)24(38)36-20(10-15-3-7-18(28)19(29)9-15)23(37)35-13-16-4-8-22(33)34-12-16/h1-9,12,20-21H,10-11,13H2,(H2,33,34)(H,35,37)(H,36,38)/t20-,21+/m0/s1. The number of hydrogen-bond donors (Lipinski definition) is 3. The number of pyridine rings is 1. The number of benzene rings is 2. The minimum Gasteiger partial charge on any atom is -0.445 e. The van der Waals surface area contributed by atoms with Crippen molar-refractivity contribution in [2.24, 2.45) is 0 Å². The molecule has 2 aromatic carbocycles. The van der Waals surface area contributed by atoms with Crippen LogP contribution in [-0.2, 0) is 38.5 Å². The first-order chi connectivity index (χ1) is 18.8. The van der Waals surface area contributed by atoms with Crippen LogP contribution in [0.4, 0.5) is 32.2 Å². The summed E-state index contributed by atoms with van der Waals surface area (Å²) in [6, 6.07) is 8.54. The average Bonchev–Trinajstić information content (AvgIpc) is 2.90. The molecule has 0 radical (unpaired) electrons. The zero-order valence-electron chi connectivity index (χ0n) is 20.5. The van der Waals surface area contributed by atoms with Gasteiger partial charge in [0.1, 0.15) is 17.7 Å². The third-order valence-corrected chi connectivity index (χ3v) is 5.48. The number of carbonyl (C=O) groups excluding carboxylic acids is 3. The van der Waals surface area contributed by atoms with E-state index in [0.717, 1.165) is 30.3 Å². The maximum Gasteiger partial charge on any atom is 0.490 e. The summed E-state index contributed by atoms with van der Waals surface area (Å²) < 4.78 is 83.5. The lowest BCUT2D eigenvalue weighted by molar-refractivity contribution is -0.205. The van der Waals surface area contributed by atoms with E-state index >= 15 is 0 Å². The first kappa shape index (κ1) is 29.9. The summed E-state index contributed by atoms with van der Waals surface area (Å²) in [7, 11) is 0. The molecule has 0 unspecified atom stereocenters. The number of hydrogen-bond acceptors (Lipinski definition) is 6. The number of ether oxygens (including phenoxy) is 1. The molecule has 2 amide bonds. The van der Waals surface area contributed by atoms with Crippen LogP contribution in [0.3, 0.4) is 0 Å². The molecule has 0 fully saturated rings. The van der Waals surface area contributed by atoms with E-state index in [0.29, 0.717) is 5.56 Å². The van der Waals surface area contributed by atoms with Gasteiger partial charge in [0.25, 0.3) is 5.91 Å². The van der Waals surface area contributed by atoms with E-state index in [1.165, 1.54) is 24.4 Å². The molecule has 0 aliphatic rings. The van der Waals surface area contributed by atoms with E-state index in [9.17, 15) is 40.7 Å². The number of esters is 1. The van der Waals surface area contributed by atoms with Gasteiger partial charge in [-0.1, -0.05) is 24.3 Å². The van der Waals surface area contributed by atoms with Gasteiger partial charge in [0.2, 0.25) is 5.91 Å². The van der Waals surface area contributed by atoms with Crippen LogP contribution in [0.1, 0.15) is 16.7 Å². The van der Waals surface area contributed by atoms with Gasteiger partial charge in [0, 0.05) is 25.6 Å². The van der Waals surface area contributed by atoms with Crippen LogP contribution >= 0.6 is 0 Å². The monoisotopic (exact) mass is 568 g/mol. The summed E-state index contributed by atoms with van der Waals surface area (Å²) in [6.45, 7) is -0.0989. The van der Waals surface area contributed by atoms with Crippen LogP contribution in [0, 0.1) is 17.5 Å². The zero-order chi connectivity index (χ0) is 29.4. The molecule has 2 atom stereocenters. The third-order valence-electron chi connectivity index (χ3n) is 5.48. The van der Waals surface area contributed by atoms with Crippen molar-refractivity contribution in [2.45, 2.75) is 37.7 Å². The highest BCUT2D eigenvalue weighted by Gasteiger charge is 2.43. The number of alkyl halides is 3. The number of carbonyl (C=O) groups is 3. The molecule has 0 spiro atoms. The van der Waals surface area contributed by atoms with Crippen molar-refractivity contribution in [3.63, 3.8) is 0 Å². The van der Waals surface area contributed by atoms with Gasteiger partial charge in [-0.15, -0.1) is 0 Å². The summed E-state index contributed by atoms with van der Waals surface area (Å²) in [5, 5.41) is 4.71. The Balaban J connectivity index is 1.84. The number of nitrogens with zero attached hydrogens (tertiary/aromatic N) is 1. The minimum absolute atomic E-state index is 0.0656. The van der Waals surface area contributed by atoms with Gasteiger partial charge in [-0.05, 0) is 47.0 Å². The molecule has 8 nitrogen and oxygen atoms in total. The van der Waals surface area contributed by atoms with Crippen LogP contribution in [0.2, 0.25) is 0 Å². The molecule has 4 N–H and O–H groups in total. The van der Waals surface area contributed by atoms with Crippen molar-refractivity contribution < 1.29 is 45.5 Å². The Morgan fingerprint density at radius 3 is 2.10 bits per heavy atom. The molecule has 14 heteroatoms. The number of rotatable bonds is 10. The molecule has 3 rings (SSSR count). The average molecular weight is 568 g/mol.